The zero-order chi connectivity index (χ0) is 58.5. The molecule has 0 spiro atoms. The largest absolute Gasteiger partial charge is 0.466 e. The molecule has 0 aliphatic heterocycles. The molecular weight excluding hydrogens is 995 g/mol. The lowest BCUT2D eigenvalue weighted by molar-refractivity contribution is -0.143. The summed E-state index contributed by atoms with van der Waals surface area (Å²) < 4.78 is 5.48. The Balaban J connectivity index is 3.36. The summed E-state index contributed by atoms with van der Waals surface area (Å²) in [6.45, 7) is 4.92. The highest BCUT2D eigenvalue weighted by molar-refractivity contribution is 5.76. The van der Waals surface area contributed by atoms with Crippen molar-refractivity contribution >= 4 is 11.9 Å². The van der Waals surface area contributed by atoms with Gasteiger partial charge in [-0.25, -0.2) is 0 Å². The SMILES string of the molecule is CCC/C=C\C/C=C\CCCCCCCC(=O)OCCCCCCCCCCCCCC/C=C\CCCCCCCCCCCCCCCCCCC(=O)NC(CO)C(O)CCCCCCCCCCCCCCCCCCCCC. The van der Waals surface area contributed by atoms with Crippen molar-refractivity contribution in [2.75, 3.05) is 13.2 Å². The summed E-state index contributed by atoms with van der Waals surface area (Å²) in [5, 5.41) is 23.4. The summed E-state index contributed by atoms with van der Waals surface area (Å²) in [5.74, 6) is -0.0252. The molecule has 0 bridgehead atoms. The molecule has 2 unspecified atom stereocenters. The molecule has 3 N–H and O–H groups in total. The number of aliphatic hydroxyl groups is 2. The highest BCUT2D eigenvalue weighted by Gasteiger charge is 2.20. The lowest BCUT2D eigenvalue weighted by Gasteiger charge is -2.22. The van der Waals surface area contributed by atoms with Crippen molar-refractivity contribution in [1.82, 2.24) is 5.32 Å². The average molecular weight is 1140 g/mol. The van der Waals surface area contributed by atoms with Gasteiger partial charge in [-0.05, 0) is 77.0 Å². The van der Waals surface area contributed by atoms with E-state index in [-0.39, 0.29) is 18.5 Å². The highest BCUT2D eigenvalue weighted by atomic mass is 16.5. The van der Waals surface area contributed by atoms with E-state index in [0.29, 0.717) is 25.9 Å². The van der Waals surface area contributed by atoms with E-state index >= 15 is 0 Å². The van der Waals surface area contributed by atoms with E-state index in [4.69, 9.17) is 4.74 Å². The summed E-state index contributed by atoms with van der Waals surface area (Å²) in [6, 6.07) is -0.540. The predicted octanol–water partition coefficient (Wildman–Crippen LogP) is 23.9. The smallest absolute Gasteiger partial charge is 0.305 e. The molecule has 81 heavy (non-hydrogen) atoms. The molecule has 1 amide bonds. The Bertz CT molecular complexity index is 1310. The second-order valence-corrected chi connectivity index (χ2v) is 25.3. The van der Waals surface area contributed by atoms with Crippen LogP contribution in [-0.2, 0) is 14.3 Å². The van der Waals surface area contributed by atoms with Gasteiger partial charge in [0.1, 0.15) is 0 Å². The Morgan fingerprint density at radius 3 is 1.00 bits per heavy atom. The molecule has 0 fully saturated rings. The maximum atomic E-state index is 12.5. The molecule has 0 aliphatic carbocycles. The van der Waals surface area contributed by atoms with E-state index in [9.17, 15) is 19.8 Å². The molecule has 6 nitrogen and oxygen atoms in total. The molecular formula is C75H143NO5. The van der Waals surface area contributed by atoms with Crippen molar-refractivity contribution < 1.29 is 24.5 Å². The number of rotatable bonds is 69. The Morgan fingerprint density at radius 2 is 0.642 bits per heavy atom. The second kappa shape index (κ2) is 70.6. The third-order valence-corrected chi connectivity index (χ3v) is 17.1. The molecule has 6 heteroatoms. The van der Waals surface area contributed by atoms with Crippen molar-refractivity contribution in [2.45, 2.75) is 418 Å². The molecule has 0 aromatic carbocycles. The van der Waals surface area contributed by atoms with Crippen molar-refractivity contribution in [3.63, 3.8) is 0 Å². The summed E-state index contributed by atoms with van der Waals surface area (Å²) in [7, 11) is 0. The quantitative estimate of drug-likeness (QED) is 0.0320. The number of ether oxygens (including phenoxy) is 1. The van der Waals surface area contributed by atoms with E-state index in [0.717, 1.165) is 51.4 Å². The van der Waals surface area contributed by atoms with Gasteiger partial charge < -0.3 is 20.3 Å². The molecule has 0 heterocycles. The first-order chi connectivity index (χ1) is 40.0. The minimum atomic E-state index is -0.663. The number of unbranched alkanes of at least 4 members (excludes halogenated alkanes) is 52. The van der Waals surface area contributed by atoms with Gasteiger partial charge in [0.25, 0.3) is 0 Å². The molecule has 0 saturated heterocycles. The minimum absolute atomic E-state index is 0.00319. The molecule has 478 valence electrons. The van der Waals surface area contributed by atoms with E-state index in [1.165, 1.54) is 321 Å². The maximum absolute atomic E-state index is 12.5. The van der Waals surface area contributed by atoms with Crippen LogP contribution in [0, 0.1) is 0 Å². The van der Waals surface area contributed by atoms with Gasteiger partial charge >= 0.3 is 5.97 Å². The van der Waals surface area contributed by atoms with Crippen LogP contribution in [0.25, 0.3) is 0 Å². The Morgan fingerprint density at radius 1 is 0.346 bits per heavy atom. The first-order valence-electron chi connectivity index (χ1n) is 36.7. The van der Waals surface area contributed by atoms with Crippen molar-refractivity contribution in [3.05, 3.63) is 36.5 Å². The van der Waals surface area contributed by atoms with E-state index in [1.807, 2.05) is 0 Å². The van der Waals surface area contributed by atoms with Crippen LogP contribution in [0.1, 0.15) is 406 Å². The normalized spacial score (nSPS) is 12.7. The van der Waals surface area contributed by atoms with E-state index < -0.39 is 12.1 Å². The Labute approximate surface area is 506 Å². The van der Waals surface area contributed by atoms with E-state index in [2.05, 4.69) is 55.6 Å². The van der Waals surface area contributed by atoms with Crippen LogP contribution in [0.15, 0.2) is 36.5 Å². The number of aliphatic hydroxyl groups excluding tert-OH is 2. The Hall–Kier alpha value is -1.92. The lowest BCUT2D eigenvalue weighted by Crippen LogP contribution is -2.45. The van der Waals surface area contributed by atoms with Crippen LogP contribution in [0.5, 0.6) is 0 Å². The number of hydrogen-bond acceptors (Lipinski definition) is 5. The average Bonchev–Trinajstić information content (AvgIpc) is 3.47. The van der Waals surface area contributed by atoms with Crippen LogP contribution < -0.4 is 5.32 Å². The summed E-state index contributed by atoms with van der Waals surface area (Å²) in [6.07, 6.45) is 90.7. The zero-order valence-electron chi connectivity index (χ0n) is 54.8. The van der Waals surface area contributed by atoms with Gasteiger partial charge in [-0.15, -0.1) is 0 Å². The number of carbonyl (C=O) groups excluding carboxylic acids is 2. The fraction of sp³-hybridized carbons (Fsp3) is 0.893. The summed E-state index contributed by atoms with van der Waals surface area (Å²) in [5.41, 5.74) is 0. The standard InChI is InChI=1S/C75H143NO5/c1-3-5-7-9-11-13-15-17-18-19-34-37-40-44-47-51-55-59-63-67-73(78)72(71-77)76-74(79)68-64-60-56-52-48-45-41-38-35-32-30-28-26-24-22-20-21-23-25-27-29-31-33-36-39-42-46-50-54-58-62-66-70-81-75(80)69-65-61-57-53-49-43-16-14-12-10-8-6-4-2/h8,10,14,16,23,25,72-73,77-78H,3-7,9,11-13,15,17-22,24,26-71H2,1-2H3,(H,76,79)/b10-8-,16-14-,25-23-. The third-order valence-electron chi connectivity index (χ3n) is 17.1. The number of allylic oxidation sites excluding steroid dienone is 6. The number of hydrogen-bond donors (Lipinski definition) is 3. The zero-order valence-corrected chi connectivity index (χ0v) is 54.8. The van der Waals surface area contributed by atoms with Crippen LogP contribution in [-0.4, -0.2) is 47.4 Å². The maximum Gasteiger partial charge on any atom is 0.305 e. The monoisotopic (exact) mass is 1140 g/mol. The van der Waals surface area contributed by atoms with Gasteiger partial charge in [-0.3, -0.25) is 9.59 Å². The molecule has 0 saturated carbocycles. The van der Waals surface area contributed by atoms with Crippen LogP contribution in [0.4, 0.5) is 0 Å². The molecule has 0 rings (SSSR count). The number of amides is 1. The third kappa shape index (κ3) is 67.1. The van der Waals surface area contributed by atoms with Crippen LogP contribution >= 0.6 is 0 Å². The molecule has 0 aliphatic rings. The molecule has 2 atom stereocenters. The number of carbonyl (C=O) groups is 2. The second-order valence-electron chi connectivity index (χ2n) is 25.3. The fourth-order valence-electron chi connectivity index (χ4n) is 11.6. The van der Waals surface area contributed by atoms with Gasteiger partial charge in [-0.2, -0.15) is 0 Å². The van der Waals surface area contributed by atoms with Crippen LogP contribution in [0.3, 0.4) is 0 Å². The van der Waals surface area contributed by atoms with Crippen LogP contribution in [0.2, 0.25) is 0 Å². The number of nitrogens with one attached hydrogen (secondary N) is 1. The van der Waals surface area contributed by atoms with Gasteiger partial charge in [0.05, 0.1) is 25.4 Å². The van der Waals surface area contributed by atoms with Crippen molar-refractivity contribution in [1.29, 1.82) is 0 Å². The number of esters is 1. The first-order valence-corrected chi connectivity index (χ1v) is 36.7. The molecule has 0 aromatic rings. The van der Waals surface area contributed by atoms with Gasteiger partial charge in [0.15, 0.2) is 0 Å². The van der Waals surface area contributed by atoms with Gasteiger partial charge in [0, 0.05) is 12.8 Å². The lowest BCUT2D eigenvalue weighted by atomic mass is 10.0. The molecule has 0 aromatic heterocycles. The van der Waals surface area contributed by atoms with E-state index in [1.54, 1.807) is 0 Å². The Kier molecular flexibility index (Phi) is 68.9. The van der Waals surface area contributed by atoms with Crippen molar-refractivity contribution in [2.24, 2.45) is 0 Å². The summed E-state index contributed by atoms with van der Waals surface area (Å²) >= 11 is 0. The fourth-order valence-corrected chi connectivity index (χ4v) is 11.6. The van der Waals surface area contributed by atoms with Gasteiger partial charge in [0.2, 0.25) is 5.91 Å². The summed E-state index contributed by atoms with van der Waals surface area (Å²) in [4.78, 5) is 24.6. The predicted molar refractivity (Wildman–Crippen MR) is 356 cm³/mol. The topological polar surface area (TPSA) is 95.9 Å². The minimum Gasteiger partial charge on any atom is -0.466 e. The highest BCUT2D eigenvalue weighted by Crippen LogP contribution is 2.19. The first kappa shape index (κ1) is 79.1. The molecule has 0 radical (unpaired) electrons. The van der Waals surface area contributed by atoms with Gasteiger partial charge in [-0.1, -0.05) is 352 Å². The van der Waals surface area contributed by atoms with Crippen molar-refractivity contribution in [3.8, 4) is 0 Å².